The van der Waals surface area contributed by atoms with Gasteiger partial charge in [-0.05, 0) is 23.8 Å². The number of hydrogen-bond donors (Lipinski definition) is 0. The molecule has 0 saturated heterocycles. The van der Waals surface area contributed by atoms with E-state index in [1.165, 1.54) is 5.56 Å². The van der Waals surface area contributed by atoms with Crippen molar-refractivity contribution in [3.8, 4) is 0 Å². The van der Waals surface area contributed by atoms with Crippen LogP contribution in [0.25, 0.3) is 0 Å². The largest absolute Gasteiger partial charge is 0.465 e. The maximum atomic E-state index is 11.7. The molecule has 1 aromatic carbocycles. The molecule has 0 spiro atoms. The Kier molecular flexibility index (Phi) is 3.28. The molecule has 1 aliphatic carbocycles. The summed E-state index contributed by atoms with van der Waals surface area (Å²) in [6.45, 7) is 4.64. The van der Waals surface area contributed by atoms with E-state index in [-0.39, 0.29) is 11.9 Å². The Morgan fingerprint density at radius 1 is 1.38 bits per heavy atom. The highest BCUT2D eigenvalue weighted by molar-refractivity contribution is 5.77. The highest BCUT2D eigenvalue weighted by atomic mass is 16.5. The summed E-state index contributed by atoms with van der Waals surface area (Å²) in [6, 6.07) is 10.2. The maximum Gasteiger partial charge on any atom is 0.309 e. The number of ether oxygens (including phenoxy) is 1. The lowest BCUT2D eigenvalue weighted by Crippen LogP contribution is -2.12. The summed E-state index contributed by atoms with van der Waals surface area (Å²) in [5, 5.41) is 0. The molecular formula is C14H18O2. The number of esters is 1. The van der Waals surface area contributed by atoms with Gasteiger partial charge in [-0.3, -0.25) is 4.79 Å². The van der Waals surface area contributed by atoms with Gasteiger partial charge in [-0.15, -0.1) is 0 Å². The molecule has 0 heterocycles. The molecule has 2 heteroatoms. The predicted octanol–water partition coefficient (Wildman–Crippen LogP) is 2.99. The monoisotopic (exact) mass is 218 g/mol. The van der Waals surface area contributed by atoms with E-state index in [0.717, 1.165) is 6.42 Å². The lowest BCUT2D eigenvalue weighted by Gasteiger charge is -2.06. The van der Waals surface area contributed by atoms with E-state index in [9.17, 15) is 4.79 Å². The van der Waals surface area contributed by atoms with Crippen molar-refractivity contribution in [2.75, 3.05) is 6.61 Å². The van der Waals surface area contributed by atoms with Gasteiger partial charge < -0.3 is 4.74 Å². The van der Waals surface area contributed by atoms with Crippen molar-refractivity contribution in [2.24, 2.45) is 11.8 Å². The van der Waals surface area contributed by atoms with E-state index in [2.05, 4.69) is 26.0 Å². The van der Waals surface area contributed by atoms with Gasteiger partial charge in [-0.25, -0.2) is 0 Å². The first-order valence-corrected chi connectivity index (χ1v) is 5.90. The van der Waals surface area contributed by atoms with E-state index in [1.54, 1.807) is 0 Å². The summed E-state index contributed by atoms with van der Waals surface area (Å²) in [5.74, 6) is 0.877. The Hall–Kier alpha value is -1.31. The maximum absolute atomic E-state index is 11.7. The zero-order chi connectivity index (χ0) is 11.5. The lowest BCUT2D eigenvalue weighted by molar-refractivity contribution is -0.146. The van der Waals surface area contributed by atoms with Crippen LogP contribution in [0.1, 0.15) is 31.7 Å². The first-order valence-electron chi connectivity index (χ1n) is 5.90. The first kappa shape index (κ1) is 11.2. The van der Waals surface area contributed by atoms with Gasteiger partial charge in [0.1, 0.15) is 0 Å². The van der Waals surface area contributed by atoms with Crippen molar-refractivity contribution >= 4 is 5.97 Å². The Morgan fingerprint density at radius 3 is 2.69 bits per heavy atom. The van der Waals surface area contributed by atoms with Gasteiger partial charge in [0.2, 0.25) is 0 Å². The Bertz CT molecular complexity index is 356. The van der Waals surface area contributed by atoms with Crippen LogP contribution in [0.4, 0.5) is 0 Å². The Morgan fingerprint density at radius 2 is 2.06 bits per heavy atom. The summed E-state index contributed by atoms with van der Waals surface area (Å²) in [5.41, 5.74) is 1.26. The molecule has 1 aliphatic rings. The second kappa shape index (κ2) is 4.69. The summed E-state index contributed by atoms with van der Waals surface area (Å²) in [6.07, 6.45) is 0.945. The summed E-state index contributed by atoms with van der Waals surface area (Å²) in [7, 11) is 0. The molecule has 0 amide bonds. The van der Waals surface area contributed by atoms with Crippen molar-refractivity contribution in [1.82, 2.24) is 0 Å². The van der Waals surface area contributed by atoms with Crippen molar-refractivity contribution in [3.05, 3.63) is 35.9 Å². The molecule has 1 saturated carbocycles. The predicted molar refractivity (Wildman–Crippen MR) is 63.1 cm³/mol. The minimum Gasteiger partial charge on any atom is -0.465 e. The minimum absolute atomic E-state index is 0.0254. The lowest BCUT2D eigenvalue weighted by atomic mass is 10.1. The van der Waals surface area contributed by atoms with Crippen molar-refractivity contribution in [2.45, 2.75) is 26.2 Å². The SMILES string of the molecule is CC(C)COC(=O)C1CC1c1ccccc1. The third-order valence-electron chi connectivity index (χ3n) is 2.88. The third kappa shape index (κ3) is 2.63. The van der Waals surface area contributed by atoms with Gasteiger partial charge >= 0.3 is 5.97 Å². The van der Waals surface area contributed by atoms with E-state index in [1.807, 2.05) is 18.2 Å². The van der Waals surface area contributed by atoms with Crippen LogP contribution in [0.5, 0.6) is 0 Å². The fourth-order valence-corrected chi connectivity index (χ4v) is 1.88. The second-order valence-electron chi connectivity index (χ2n) is 4.88. The normalized spacial score (nSPS) is 23.2. The van der Waals surface area contributed by atoms with Crippen molar-refractivity contribution < 1.29 is 9.53 Å². The van der Waals surface area contributed by atoms with E-state index in [4.69, 9.17) is 4.74 Å². The van der Waals surface area contributed by atoms with Crippen LogP contribution in [0.3, 0.4) is 0 Å². The average molecular weight is 218 g/mol. The number of carbonyl (C=O) groups excluding carboxylic acids is 1. The number of hydrogen-bond acceptors (Lipinski definition) is 2. The average Bonchev–Trinajstić information content (AvgIpc) is 3.07. The third-order valence-corrected chi connectivity index (χ3v) is 2.88. The van der Waals surface area contributed by atoms with E-state index < -0.39 is 0 Å². The molecule has 2 nitrogen and oxygen atoms in total. The van der Waals surface area contributed by atoms with Crippen LogP contribution in [-0.4, -0.2) is 12.6 Å². The van der Waals surface area contributed by atoms with Crippen molar-refractivity contribution in [1.29, 1.82) is 0 Å². The van der Waals surface area contributed by atoms with Gasteiger partial charge in [0.05, 0.1) is 12.5 Å². The van der Waals surface area contributed by atoms with Gasteiger partial charge in [-0.2, -0.15) is 0 Å². The van der Waals surface area contributed by atoms with Gasteiger partial charge in [0.25, 0.3) is 0 Å². The number of carbonyl (C=O) groups is 1. The van der Waals surface area contributed by atoms with E-state index in [0.29, 0.717) is 18.4 Å². The Labute approximate surface area is 96.6 Å². The zero-order valence-corrected chi connectivity index (χ0v) is 9.85. The van der Waals surface area contributed by atoms with Crippen LogP contribution in [0.15, 0.2) is 30.3 Å². The zero-order valence-electron chi connectivity index (χ0n) is 9.85. The Balaban J connectivity index is 1.85. The molecule has 0 aliphatic heterocycles. The highest BCUT2D eigenvalue weighted by Crippen LogP contribution is 2.48. The standard InChI is InChI=1S/C14H18O2/c1-10(2)9-16-14(15)13-8-12(13)11-6-4-3-5-7-11/h3-7,10,12-13H,8-9H2,1-2H3. The molecule has 2 unspecified atom stereocenters. The second-order valence-corrected chi connectivity index (χ2v) is 4.88. The van der Waals surface area contributed by atoms with Crippen LogP contribution in [0, 0.1) is 11.8 Å². The van der Waals surface area contributed by atoms with Crippen LogP contribution < -0.4 is 0 Å². The van der Waals surface area contributed by atoms with Gasteiger partial charge in [-0.1, -0.05) is 44.2 Å². The van der Waals surface area contributed by atoms with E-state index >= 15 is 0 Å². The fourth-order valence-electron chi connectivity index (χ4n) is 1.88. The first-order chi connectivity index (χ1) is 7.68. The smallest absolute Gasteiger partial charge is 0.309 e. The number of benzene rings is 1. The molecule has 1 aromatic rings. The minimum atomic E-state index is -0.0254. The number of rotatable bonds is 4. The summed E-state index contributed by atoms with van der Waals surface area (Å²) >= 11 is 0. The highest BCUT2D eigenvalue weighted by Gasteiger charge is 2.45. The molecule has 0 radical (unpaired) electrons. The quantitative estimate of drug-likeness (QED) is 0.726. The molecule has 2 rings (SSSR count). The molecule has 0 aromatic heterocycles. The van der Waals surface area contributed by atoms with Gasteiger partial charge in [0, 0.05) is 0 Å². The molecule has 1 fully saturated rings. The molecule has 16 heavy (non-hydrogen) atoms. The molecular weight excluding hydrogens is 200 g/mol. The van der Waals surface area contributed by atoms with Gasteiger partial charge in [0.15, 0.2) is 0 Å². The topological polar surface area (TPSA) is 26.3 Å². The molecule has 86 valence electrons. The van der Waals surface area contributed by atoms with Crippen LogP contribution in [-0.2, 0) is 9.53 Å². The molecule has 0 bridgehead atoms. The molecule has 2 atom stereocenters. The van der Waals surface area contributed by atoms with Crippen molar-refractivity contribution in [3.63, 3.8) is 0 Å². The van der Waals surface area contributed by atoms with Crippen LogP contribution >= 0.6 is 0 Å². The fraction of sp³-hybridized carbons (Fsp3) is 0.500. The summed E-state index contributed by atoms with van der Waals surface area (Å²) in [4.78, 5) is 11.7. The van der Waals surface area contributed by atoms with Crippen LogP contribution in [0.2, 0.25) is 0 Å². The molecule has 0 N–H and O–H groups in total. The summed E-state index contributed by atoms with van der Waals surface area (Å²) < 4.78 is 5.24.